The predicted octanol–water partition coefficient (Wildman–Crippen LogP) is 3.46. The minimum atomic E-state index is -4.63. The van der Waals surface area contributed by atoms with Crippen molar-refractivity contribution < 1.29 is 29.6 Å². The monoisotopic (exact) mass is 536 g/mol. The van der Waals surface area contributed by atoms with E-state index in [0.717, 1.165) is 18.4 Å². The third-order valence-corrected chi connectivity index (χ3v) is 9.75. The van der Waals surface area contributed by atoms with Crippen molar-refractivity contribution in [3.63, 3.8) is 0 Å². The predicted molar refractivity (Wildman–Crippen MR) is 129 cm³/mol. The molecule has 0 spiro atoms. The molecule has 0 saturated carbocycles. The maximum atomic E-state index is 14.5. The molecule has 0 aliphatic heterocycles. The fourth-order valence-electron chi connectivity index (χ4n) is 3.74. The zero-order valence-electron chi connectivity index (χ0n) is 18.6. The number of sulfonamides is 1. The molecule has 0 radical (unpaired) electrons. The Kier molecular flexibility index (Phi) is 6.34. The molecule has 0 aliphatic carbocycles. The van der Waals surface area contributed by atoms with E-state index in [1.807, 2.05) is 0 Å². The molecule has 0 amide bonds. The van der Waals surface area contributed by atoms with Crippen LogP contribution in [0.25, 0.3) is 10.9 Å². The van der Waals surface area contributed by atoms with Gasteiger partial charge in [0.2, 0.25) is 19.9 Å². The lowest BCUT2D eigenvalue weighted by molar-refractivity contribution is 0.555. The lowest BCUT2D eigenvalue weighted by atomic mass is 10.1. The van der Waals surface area contributed by atoms with Crippen molar-refractivity contribution in [1.82, 2.24) is 8.69 Å². The van der Waals surface area contributed by atoms with Crippen LogP contribution in [0.2, 0.25) is 0 Å². The molecule has 1 unspecified atom stereocenters. The Balaban J connectivity index is 1.89. The van der Waals surface area contributed by atoms with E-state index in [4.69, 9.17) is 0 Å². The Bertz CT molecular complexity index is 1740. The van der Waals surface area contributed by atoms with E-state index in [1.165, 1.54) is 48.5 Å². The Hall–Kier alpha value is -3.06. The van der Waals surface area contributed by atoms with Crippen LogP contribution < -0.4 is 4.72 Å². The molecule has 3 aromatic carbocycles. The topological polar surface area (TPSA) is 119 Å². The number of halogens is 1. The van der Waals surface area contributed by atoms with Crippen LogP contribution in [0.15, 0.2) is 93.7 Å². The standard InChI is InChI=1S/C23H21FN2O6S3/c1-16(25-33(2,27)28)17-11-13-19(14-12-17)34(29,30)23-15-18-7-3-5-9-21(18)26(23)35(31,32)22-10-6-4-8-20(22)24/h3-16,25H,1-2H3. The highest BCUT2D eigenvalue weighted by Gasteiger charge is 2.32. The molecular formula is C23H21FN2O6S3. The Morgan fingerprint density at radius 3 is 2.06 bits per heavy atom. The maximum Gasteiger partial charge on any atom is 0.272 e. The third-order valence-electron chi connectivity index (χ3n) is 5.35. The smallest absolute Gasteiger partial charge is 0.222 e. The molecule has 4 rings (SSSR count). The molecule has 0 bridgehead atoms. The molecule has 1 N–H and O–H groups in total. The van der Waals surface area contributed by atoms with Gasteiger partial charge in [0.05, 0.1) is 16.7 Å². The number of sulfone groups is 1. The van der Waals surface area contributed by atoms with Crippen LogP contribution >= 0.6 is 0 Å². The zero-order valence-corrected chi connectivity index (χ0v) is 21.0. The van der Waals surface area contributed by atoms with E-state index in [1.54, 1.807) is 25.1 Å². The lowest BCUT2D eigenvalue weighted by Gasteiger charge is -2.15. The van der Waals surface area contributed by atoms with Crippen molar-refractivity contribution in [2.45, 2.75) is 27.8 Å². The van der Waals surface area contributed by atoms with Crippen molar-refractivity contribution in [3.8, 4) is 0 Å². The largest absolute Gasteiger partial charge is 0.272 e. The number of nitrogens with one attached hydrogen (secondary N) is 1. The number of rotatable bonds is 7. The van der Waals surface area contributed by atoms with E-state index in [2.05, 4.69) is 4.72 Å². The SMILES string of the molecule is CC(NS(C)(=O)=O)c1ccc(S(=O)(=O)c2cc3ccccc3n2S(=O)(=O)c2ccccc2F)cc1. The number of nitrogens with zero attached hydrogens (tertiary/aromatic N) is 1. The van der Waals surface area contributed by atoms with Gasteiger partial charge in [-0.15, -0.1) is 0 Å². The molecule has 1 aromatic heterocycles. The first kappa shape index (κ1) is 25.0. The molecular weight excluding hydrogens is 515 g/mol. The average Bonchev–Trinajstić information content (AvgIpc) is 3.20. The number of para-hydroxylation sites is 1. The molecule has 1 atom stereocenters. The summed E-state index contributed by atoms with van der Waals surface area (Å²) < 4.78 is 94.7. The highest BCUT2D eigenvalue weighted by Crippen LogP contribution is 2.33. The van der Waals surface area contributed by atoms with Crippen LogP contribution in [-0.4, -0.2) is 35.5 Å². The van der Waals surface area contributed by atoms with Gasteiger partial charge in [-0.1, -0.05) is 42.5 Å². The second-order valence-electron chi connectivity index (χ2n) is 7.93. The fraction of sp³-hybridized carbons (Fsp3) is 0.130. The lowest BCUT2D eigenvalue weighted by Crippen LogP contribution is -2.25. The summed E-state index contributed by atoms with van der Waals surface area (Å²) in [7, 11) is -12.5. The van der Waals surface area contributed by atoms with Crippen molar-refractivity contribution in [1.29, 1.82) is 0 Å². The average molecular weight is 537 g/mol. The van der Waals surface area contributed by atoms with E-state index in [9.17, 15) is 29.6 Å². The van der Waals surface area contributed by atoms with E-state index < -0.39 is 51.7 Å². The Morgan fingerprint density at radius 1 is 0.829 bits per heavy atom. The molecule has 184 valence electrons. The van der Waals surface area contributed by atoms with Gasteiger partial charge in [-0.25, -0.2) is 38.3 Å². The van der Waals surface area contributed by atoms with Crippen LogP contribution in [0.3, 0.4) is 0 Å². The van der Waals surface area contributed by atoms with Gasteiger partial charge in [0.1, 0.15) is 10.7 Å². The van der Waals surface area contributed by atoms with Crippen LogP contribution in [0.1, 0.15) is 18.5 Å². The van der Waals surface area contributed by atoms with Gasteiger partial charge < -0.3 is 0 Å². The number of benzene rings is 3. The first-order chi connectivity index (χ1) is 16.3. The van der Waals surface area contributed by atoms with E-state index in [0.29, 0.717) is 14.9 Å². The van der Waals surface area contributed by atoms with Crippen molar-refractivity contribution in [3.05, 3.63) is 90.2 Å². The maximum absolute atomic E-state index is 14.5. The second kappa shape index (κ2) is 8.86. The summed E-state index contributed by atoms with van der Waals surface area (Å²) in [6, 6.07) is 16.9. The number of aromatic nitrogens is 1. The molecule has 1 heterocycles. The molecule has 0 saturated heterocycles. The van der Waals surface area contributed by atoms with Crippen LogP contribution in [0.5, 0.6) is 0 Å². The van der Waals surface area contributed by atoms with Gasteiger partial charge in [0, 0.05) is 11.4 Å². The van der Waals surface area contributed by atoms with Crippen molar-refractivity contribution >= 4 is 40.8 Å². The molecule has 35 heavy (non-hydrogen) atoms. The first-order valence-corrected chi connectivity index (χ1v) is 15.1. The summed E-state index contributed by atoms with van der Waals surface area (Å²) in [6.45, 7) is 1.60. The van der Waals surface area contributed by atoms with Gasteiger partial charge in [0.15, 0.2) is 5.03 Å². The number of hydrogen-bond acceptors (Lipinski definition) is 6. The molecule has 0 aliphatic rings. The Morgan fingerprint density at radius 2 is 1.43 bits per heavy atom. The fourth-order valence-corrected chi connectivity index (χ4v) is 7.92. The van der Waals surface area contributed by atoms with Crippen LogP contribution in [0.4, 0.5) is 4.39 Å². The molecule has 12 heteroatoms. The number of hydrogen-bond donors (Lipinski definition) is 1. The number of fused-ring (bicyclic) bond motifs is 1. The van der Waals surface area contributed by atoms with Gasteiger partial charge in [-0.05, 0) is 48.9 Å². The quantitative estimate of drug-likeness (QED) is 0.386. The van der Waals surface area contributed by atoms with Gasteiger partial charge >= 0.3 is 0 Å². The van der Waals surface area contributed by atoms with Crippen LogP contribution in [-0.2, 0) is 29.9 Å². The zero-order chi connectivity index (χ0) is 25.6. The minimum Gasteiger partial charge on any atom is -0.222 e. The molecule has 8 nitrogen and oxygen atoms in total. The molecule has 0 fully saturated rings. The summed E-state index contributed by atoms with van der Waals surface area (Å²) in [4.78, 5) is -0.866. The van der Waals surface area contributed by atoms with Gasteiger partial charge in [0.25, 0.3) is 10.0 Å². The summed E-state index contributed by atoms with van der Waals surface area (Å²) >= 11 is 0. The van der Waals surface area contributed by atoms with Gasteiger partial charge in [-0.2, -0.15) is 0 Å². The third kappa shape index (κ3) is 4.74. The highest BCUT2D eigenvalue weighted by atomic mass is 32.2. The first-order valence-electron chi connectivity index (χ1n) is 10.3. The van der Waals surface area contributed by atoms with E-state index in [-0.39, 0.29) is 10.4 Å². The van der Waals surface area contributed by atoms with E-state index >= 15 is 0 Å². The van der Waals surface area contributed by atoms with Crippen LogP contribution in [0, 0.1) is 5.82 Å². The Labute approximate surface area is 203 Å². The minimum absolute atomic E-state index is 0.0805. The summed E-state index contributed by atoms with van der Waals surface area (Å²) in [5.41, 5.74) is 0.589. The highest BCUT2D eigenvalue weighted by molar-refractivity contribution is 7.93. The summed E-state index contributed by atoms with van der Waals surface area (Å²) in [6.07, 6.45) is 1.01. The summed E-state index contributed by atoms with van der Waals surface area (Å²) in [5.74, 6) is -1.01. The molecule has 4 aromatic rings. The second-order valence-corrected chi connectivity index (χ2v) is 13.4. The van der Waals surface area contributed by atoms with Crippen molar-refractivity contribution in [2.24, 2.45) is 0 Å². The van der Waals surface area contributed by atoms with Crippen molar-refractivity contribution in [2.75, 3.05) is 6.26 Å². The normalized spacial score (nSPS) is 13.7. The van der Waals surface area contributed by atoms with Gasteiger partial charge in [-0.3, -0.25) is 0 Å². The summed E-state index contributed by atoms with van der Waals surface area (Å²) in [5, 5.41) is -0.203.